The van der Waals surface area contributed by atoms with E-state index >= 15 is 0 Å². The number of aliphatic carboxylic acids is 1. The van der Waals surface area contributed by atoms with Crippen molar-refractivity contribution in [2.24, 2.45) is 5.41 Å². The van der Waals surface area contributed by atoms with Crippen LogP contribution < -0.4 is 16.0 Å². The molecule has 0 aromatic heterocycles. The molecule has 0 bridgehead atoms. The minimum Gasteiger partial charge on any atom is -0.481 e. The van der Waals surface area contributed by atoms with Gasteiger partial charge < -0.3 is 21.1 Å². The van der Waals surface area contributed by atoms with Gasteiger partial charge in [-0.2, -0.15) is 0 Å². The maximum Gasteiger partial charge on any atom is 0.315 e. The van der Waals surface area contributed by atoms with Gasteiger partial charge in [0.25, 0.3) is 0 Å². The Morgan fingerprint density at radius 3 is 2.57 bits per heavy atom. The van der Waals surface area contributed by atoms with E-state index in [-0.39, 0.29) is 29.8 Å². The fourth-order valence-corrected chi connectivity index (χ4v) is 2.39. The van der Waals surface area contributed by atoms with Crippen LogP contribution in [-0.2, 0) is 9.59 Å². The van der Waals surface area contributed by atoms with Gasteiger partial charge in [0.2, 0.25) is 5.91 Å². The maximum atomic E-state index is 11.9. The SMILES string of the molecule is CC(C)(C)CC(CC(=O)O)NC(=O)NC1CCC(=O)NC1. The third-order valence-corrected chi connectivity index (χ3v) is 3.22. The summed E-state index contributed by atoms with van der Waals surface area (Å²) in [6.07, 6.45) is 1.47. The van der Waals surface area contributed by atoms with Crippen LogP contribution in [-0.4, -0.2) is 41.6 Å². The molecule has 0 aromatic carbocycles. The third-order valence-electron chi connectivity index (χ3n) is 3.22. The molecule has 2 unspecified atom stereocenters. The van der Waals surface area contributed by atoms with Gasteiger partial charge in [-0.25, -0.2) is 4.79 Å². The Labute approximate surface area is 124 Å². The van der Waals surface area contributed by atoms with Gasteiger partial charge in [-0.3, -0.25) is 9.59 Å². The van der Waals surface area contributed by atoms with Crippen LogP contribution in [0.5, 0.6) is 0 Å². The molecule has 1 aliphatic heterocycles. The summed E-state index contributed by atoms with van der Waals surface area (Å²) in [4.78, 5) is 33.9. The molecule has 0 saturated carbocycles. The lowest BCUT2D eigenvalue weighted by atomic mass is 9.87. The van der Waals surface area contributed by atoms with Crippen molar-refractivity contribution in [2.75, 3.05) is 6.54 Å². The summed E-state index contributed by atoms with van der Waals surface area (Å²) in [5.41, 5.74) is -0.0772. The van der Waals surface area contributed by atoms with Crippen molar-refractivity contribution in [2.45, 2.75) is 58.5 Å². The minimum atomic E-state index is -0.936. The van der Waals surface area contributed by atoms with E-state index in [0.717, 1.165) is 0 Å². The Kier molecular flexibility index (Phi) is 5.99. The van der Waals surface area contributed by atoms with Crippen LogP contribution in [0.3, 0.4) is 0 Å². The zero-order valence-electron chi connectivity index (χ0n) is 12.9. The molecule has 21 heavy (non-hydrogen) atoms. The number of carboxylic acids is 1. The number of carboxylic acid groups (broad SMARTS) is 1. The highest BCUT2D eigenvalue weighted by Gasteiger charge is 2.24. The first-order valence-corrected chi connectivity index (χ1v) is 7.21. The Balaban J connectivity index is 2.47. The molecule has 120 valence electrons. The summed E-state index contributed by atoms with van der Waals surface area (Å²) < 4.78 is 0. The number of piperidine rings is 1. The van der Waals surface area contributed by atoms with Gasteiger partial charge in [0.15, 0.2) is 0 Å². The summed E-state index contributed by atoms with van der Waals surface area (Å²) in [5, 5.41) is 17.1. The van der Waals surface area contributed by atoms with Gasteiger partial charge in [0, 0.05) is 25.0 Å². The molecule has 0 aliphatic carbocycles. The second-order valence-corrected chi connectivity index (χ2v) is 6.72. The molecule has 1 fully saturated rings. The van der Waals surface area contributed by atoms with Gasteiger partial charge in [-0.15, -0.1) is 0 Å². The van der Waals surface area contributed by atoms with Crippen molar-refractivity contribution >= 4 is 17.9 Å². The van der Waals surface area contributed by atoms with E-state index in [2.05, 4.69) is 16.0 Å². The fourth-order valence-electron chi connectivity index (χ4n) is 2.39. The van der Waals surface area contributed by atoms with Gasteiger partial charge in [0.05, 0.1) is 6.42 Å². The van der Waals surface area contributed by atoms with Crippen LogP contribution in [0.2, 0.25) is 0 Å². The molecule has 0 radical (unpaired) electrons. The molecule has 0 spiro atoms. The average Bonchev–Trinajstić information content (AvgIpc) is 2.28. The van der Waals surface area contributed by atoms with Gasteiger partial charge >= 0.3 is 12.0 Å². The van der Waals surface area contributed by atoms with Crippen LogP contribution in [0.4, 0.5) is 4.79 Å². The number of carbonyl (C=O) groups excluding carboxylic acids is 2. The average molecular weight is 299 g/mol. The highest BCUT2D eigenvalue weighted by molar-refractivity contribution is 5.78. The summed E-state index contributed by atoms with van der Waals surface area (Å²) in [6.45, 7) is 6.41. The molecule has 2 atom stereocenters. The predicted molar refractivity (Wildman–Crippen MR) is 77.8 cm³/mol. The van der Waals surface area contributed by atoms with Crippen LogP contribution in [0.25, 0.3) is 0 Å². The Morgan fingerprint density at radius 2 is 2.10 bits per heavy atom. The zero-order valence-corrected chi connectivity index (χ0v) is 12.9. The van der Waals surface area contributed by atoms with Gasteiger partial charge in [-0.05, 0) is 18.3 Å². The number of amides is 3. The number of urea groups is 1. The molecule has 1 heterocycles. The highest BCUT2D eigenvalue weighted by atomic mass is 16.4. The zero-order chi connectivity index (χ0) is 16.0. The minimum absolute atomic E-state index is 0.00931. The summed E-state index contributed by atoms with van der Waals surface area (Å²) in [7, 11) is 0. The first-order chi connectivity index (χ1) is 9.65. The molecule has 1 rings (SSSR count). The van der Waals surface area contributed by atoms with Crippen LogP contribution in [0, 0.1) is 5.41 Å². The van der Waals surface area contributed by atoms with Crippen molar-refractivity contribution in [1.29, 1.82) is 0 Å². The summed E-state index contributed by atoms with van der Waals surface area (Å²) in [6, 6.07) is -0.907. The van der Waals surface area contributed by atoms with Crippen molar-refractivity contribution in [1.82, 2.24) is 16.0 Å². The molecule has 0 aromatic rings. The normalized spacial score (nSPS) is 20.3. The smallest absolute Gasteiger partial charge is 0.315 e. The standard InChI is InChI=1S/C14H25N3O4/c1-14(2,3)7-10(6-12(19)20)17-13(21)16-9-4-5-11(18)15-8-9/h9-10H,4-8H2,1-3H3,(H,15,18)(H,19,20)(H2,16,17,21). The van der Waals surface area contributed by atoms with Crippen molar-refractivity contribution in [3.8, 4) is 0 Å². The summed E-state index contributed by atoms with van der Waals surface area (Å²) in [5.74, 6) is -0.945. The first kappa shape index (κ1) is 17.3. The lowest BCUT2D eigenvalue weighted by Crippen LogP contribution is -2.52. The molecular formula is C14H25N3O4. The van der Waals surface area contributed by atoms with E-state index < -0.39 is 12.0 Å². The van der Waals surface area contributed by atoms with Crippen LogP contribution >= 0.6 is 0 Å². The monoisotopic (exact) mass is 299 g/mol. The number of carbonyl (C=O) groups is 3. The fraction of sp³-hybridized carbons (Fsp3) is 0.786. The third kappa shape index (κ3) is 7.53. The van der Waals surface area contributed by atoms with Gasteiger partial charge in [0.1, 0.15) is 0 Å². The number of hydrogen-bond acceptors (Lipinski definition) is 3. The second kappa shape index (κ2) is 7.28. The molecule has 1 saturated heterocycles. The van der Waals surface area contributed by atoms with E-state index in [4.69, 9.17) is 5.11 Å². The Hall–Kier alpha value is -1.79. The number of nitrogens with one attached hydrogen (secondary N) is 3. The summed E-state index contributed by atoms with van der Waals surface area (Å²) >= 11 is 0. The lowest BCUT2D eigenvalue weighted by Gasteiger charge is -2.28. The largest absolute Gasteiger partial charge is 0.481 e. The first-order valence-electron chi connectivity index (χ1n) is 7.21. The molecular weight excluding hydrogens is 274 g/mol. The lowest BCUT2D eigenvalue weighted by molar-refractivity contribution is -0.137. The predicted octanol–water partition coefficient (Wildman–Crippen LogP) is 0.844. The second-order valence-electron chi connectivity index (χ2n) is 6.72. The van der Waals surface area contributed by atoms with Crippen LogP contribution in [0.1, 0.15) is 46.5 Å². The van der Waals surface area contributed by atoms with Crippen molar-refractivity contribution < 1.29 is 19.5 Å². The van der Waals surface area contributed by atoms with E-state index in [9.17, 15) is 14.4 Å². The molecule has 3 amide bonds. The van der Waals surface area contributed by atoms with Crippen molar-refractivity contribution in [3.63, 3.8) is 0 Å². The molecule has 1 aliphatic rings. The number of hydrogen-bond donors (Lipinski definition) is 4. The topological polar surface area (TPSA) is 108 Å². The Morgan fingerprint density at radius 1 is 1.43 bits per heavy atom. The van der Waals surface area contributed by atoms with E-state index in [1.165, 1.54) is 0 Å². The van der Waals surface area contributed by atoms with Crippen LogP contribution in [0.15, 0.2) is 0 Å². The Bertz CT molecular complexity index is 394. The van der Waals surface area contributed by atoms with Gasteiger partial charge in [-0.1, -0.05) is 20.8 Å². The van der Waals surface area contributed by atoms with Crippen molar-refractivity contribution in [3.05, 3.63) is 0 Å². The van der Waals surface area contributed by atoms with E-state index in [0.29, 0.717) is 25.8 Å². The molecule has 4 N–H and O–H groups in total. The molecule has 7 heteroatoms. The van der Waals surface area contributed by atoms with E-state index in [1.54, 1.807) is 0 Å². The highest BCUT2D eigenvalue weighted by Crippen LogP contribution is 2.22. The van der Waals surface area contributed by atoms with E-state index in [1.807, 2.05) is 20.8 Å². The molecule has 7 nitrogen and oxygen atoms in total. The maximum absolute atomic E-state index is 11.9. The number of rotatable bonds is 5. The quantitative estimate of drug-likeness (QED) is 0.603.